The molecule has 1 atom stereocenters. The second-order valence-corrected chi connectivity index (χ2v) is 6.24. The second-order valence-electron chi connectivity index (χ2n) is 6.24. The molecular formula is C22H23N3O2. The van der Waals surface area contributed by atoms with Crippen LogP contribution in [0.3, 0.4) is 0 Å². The van der Waals surface area contributed by atoms with Crippen LogP contribution in [-0.4, -0.2) is 11.7 Å². The highest BCUT2D eigenvalue weighted by atomic mass is 16.1. The number of carbonyl (C=O) groups is 2. The van der Waals surface area contributed by atoms with Crippen molar-refractivity contribution < 1.29 is 9.59 Å². The Bertz CT molecular complexity index is 875. The molecule has 0 aromatic heterocycles. The lowest BCUT2D eigenvalue weighted by Crippen LogP contribution is -2.18. The predicted octanol–water partition coefficient (Wildman–Crippen LogP) is 4.15. The normalized spacial score (nSPS) is 12.0. The van der Waals surface area contributed by atoms with Crippen molar-refractivity contribution in [1.82, 2.24) is 5.32 Å². The highest BCUT2D eigenvalue weighted by molar-refractivity contribution is 6.06. The molecule has 0 aliphatic rings. The van der Waals surface area contributed by atoms with Gasteiger partial charge in [0, 0.05) is 23.5 Å². The summed E-state index contributed by atoms with van der Waals surface area (Å²) in [6.07, 6.45) is 2.41. The van der Waals surface area contributed by atoms with Gasteiger partial charge in [0.05, 0.1) is 0 Å². The summed E-state index contributed by atoms with van der Waals surface area (Å²) in [4.78, 5) is 23.6. The Balaban J connectivity index is 2.02. The largest absolute Gasteiger partial charge is 0.383 e. The average Bonchev–Trinajstić information content (AvgIpc) is 2.68. The molecule has 5 nitrogen and oxygen atoms in total. The molecule has 2 aromatic rings. The summed E-state index contributed by atoms with van der Waals surface area (Å²) in [6, 6.07) is 16.6. The molecule has 5 heteroatoms. The highest BCUT2D eigenvalue weighted by Crippen LogP contribution is 2.15. The van der Waals surface area contributed by atoms with E-state index < -0.39 is 5.91 Å². The Morgan fingerprint density at radius 3 is 2.26 bits per heavy atom. The van der Waals surface area contributed by atoms with Crippen molar-refractivity contribution in [3.63, 3.8) is 0 Å². The molecule has 27 heavy (non-hydrogen) atoms. The average molecular weight is 361 g/mol. The van der Waals surface area contributed by atoms with Crippen LogP contribution in [0, 0.1) is 11.3 Å². The molecule has 0 aliphatic carbocycles. The van der Waals surface area contributed by atoms with Crippen LogP contribution in [0.4, 0.5) is 5.69 Å². The molecule has 1 amide bonds. The SMILES string of the molecule is CCc1ccc(C(C)N/C=C(/C#N)C(=O)Nc2ccc(C(C)=O)cc2)cc1. The third-order valence-corrected chi connectivity index (χ3v) is 4.28. The van der Waals surface area contributed by atoms with Crippen molar-refractivity contribution in [3.05, 3.63) is 77.0 Å². The summed E-state index contributed by atoms with van der Waals surface area (Å²) in [6.45, 7) is 5.54. The van der Waals surface area contributed by atoms with E-state index >= 15 is 0 Å². The Labute approximate surface area is 159 Å². The van der Waals surface area contributed by atoms with E-state index in [0.717, 1.165) is 12.0 Å². The van der Waals surface area contributed by atoms with Gasteiger partial charge >= 0.3 is 0 Å². The molecule has 0 radical (unpaired) electrons. The number of ketones is 1. The van der Waals surface area contributed by atoms with Crippen LogP contribution >= 0.6 is 0 Å². The van der Waals surface area contributed by atoms with E-state index in [1.54, 1.807) is 24.3 Å². The minimum absolute atomic E-state index is 0.0253. The Hall–Kier alpha value is -3.39. The van der Waals surface area contributed by atoms with Crippen LogP contribution in [-0.2, 0) is 11.2 Å². The van der Waals surface area contributed by atoms with Gasteiger partial charge in [0.25, 0.3) is 5.91 Å². The molecule has 2 N–H and O–H groups in total. The fraction of sp³-hybridized carbons (Fsp3) is 0.227. The minimum atomic E-state index is -0.505. The number of nitrogens with zero attached hydrogens (tertiary/aromatic N) is 1. The number of benzene rings is 2. The van der Waals surface area contributed by atoms with Gasteiger partial charge in [0.1, 0.15) is 11.6 Å². The van der Waals surface area contributed by atoms with Crippen molar-refractivity contribution in [3.8, 4) is 6.07 Å². The topological polar surface area (TPSA) is 82.0 Å². The predicted molar refractivity (Wildman–Crippen MR) is 106 cm³/mol. The van der Waals surface area contributed by atoms with Gasteiger partial charge in [-0.1, -0.05) is 31.2 Å². The molecule has 138 valence electrons. The number of rotatable bonds is 7. The number of nitriles is 1. The molecule has 0 fully saturated rings. The zero-order chi connectivity index (χ0) is 19.8. The van der Waals surface area contributed by atoms with Crippen LogP contribution in [0.25, 0.3) is 0 Å². The van der Waals surface area contributed by atoms with Crippen molar-refractivity contribution in [2.45, 2.75) is 33.2 Å². The van der Waals surface area contributed by atoms with Crippen LogP contribution in [0.15, 0.2) is 60.3 Å². The van der Waals surface area contributed by atoms with Crippen LogP contribution in [0.2, 0.25) is 0 Å². The maximum atomic E-state index is 12.3. The van der Waals surface area contributed by atoms with Gasteiger partial charge in [-0.25, -0.2) is 0 Å². The first-order valence-electron chi connectivity index (χ1n) is 8.82. The quantitative estimate of drug-likeness (QED) is 0.441. The fourth-order valence-electron chi connectivity index (χ4n) is 2.48. The minimum Gasteiger partial charge on any atom is -0.383 e. The van der Waals surface area contributed by atoms with Gasteiger partial charge in [-0.2, -0.15) is 5.26 Å². The summed E-state index contributed by atoms with van der Waals surface area (Å²) >= 11 is 0. The molecule has 2 rings (SSSR count). The molecule has 0 saturated heterocycles. The molecule has 1 unspecified atom stereocenters. The third-order valence-electron chi connectivity index (χ3n) is 4.28. The van der Waals surface area contributed by atoms with Crippen LogP contribution in [0.1, 0.15) is 48.3 Å². The second kappa shape index (κ2) is 9.35. The van der Waals surface area contributed by atoms with Gasteiger partial charge in [-0.05, 0) is 55.7 Å². The number of hydrogen-bond acceptors (Lipinski definition) is 4. The van der Waals surface area contributed by atoms with Crippen molar-refractivity contribution >= 4 is 17.4 Å². The van der Waals surface area contributed by atoms with E-state index in [1.807, 2.05) is 25.1 Å². The van der Waals surface area contributed by atoms with E-state index in [4.69, 9.17) is 0 Å². The lowest BCUT2D eigenvalue weighted by atomic mass is 10.1. The molecule has 0 bridgehead atoms. The Morgan fingerprint density at radius 1 is 1.11 bits per heavy atom. The monoisotopic (exact) mass is 361 g/mol. The smallest absolute Gasteiger partial charge is 0.267 e. The van der Waals surface area contributed by atoms with Crippen molar-refractivity contribution in [1.29, 1.82) is 5.26 Å². The number of carbonyl (C=O) groups excluding carboxylic acids is 2. The van der Waals surface area contributed by atoms with Crippen molar-refractivity contribution in [2.24, 2.45) is 0 Å². The highest BCUT2D eigenvalue weighted by Gasteiger charge is 2.11. The van der Waals surface area contributed by atoms with Gasteiger partial charge in [-0.15, -0.1) is 0 Å². The van der Waals surface area contributed by atoms with E-state index in [-0.39, 0.29) is 17.4 Å². The van der Waals surface area contributed by atoms with Crippen LogP contribution in [0.5, 0.6) is 0 Å². The maximum Gasteiger partial charge on any atom is 0.267 e. The summed E-state index contributed by atoms with van der Waals surface area (Å²) in [5, 5.41) is 15.0. The maximum absolute atomic E-state index is 12.3. The first-order valence-corrected chi connectivity index (χ1v) is 8.82. The van der Waals surface area contributed by atoms with E-state index in [2.05, 4.69) is 29.7 Å². The van der Waals surface area contributed by atoms with Gasteiger partial charge < -0.3 is 10.6 Å². The lowest BCUT2D eigenvalue weighted by molar-refractivity contribution is -0.112. The number of hydrogen-bond donors (Lipinski definition) is 2. The third kappa shape index (κ3) is 5.55. The van der Waals surface area contributed by atoms with Crippen molar-refractivity contribution in [2.75, 3.05) is 5.32 Å². The standard InChI is InChI=1S/C22H23N3O2/c1-4-17-5-7-18(8-6-17)15(2)24-14-20(13-23)22(27)25-21-11-9-19(10-12-21)16(3)26/h5-12,14-15,24H,4H2,1-3H3,(H,25,27)/b20-14-. The number of nitrogens with one attached hydrogen (secondary N) is 2. The molecule has 2 aromatic carbocycles. The van der Waals surface area contributed by atoms with E-state index in [1.165, 1.54) is 18.7 Å². The first-order chi connectivity index (χ1) is 12.9. The zero-order valence-corrected chi connectivity index (χ0v) is 15.7. The molecular weight excluding hydrogens is 338 g/mol. The molecule has 0 heterocycles. The van der Waals surface area contributed by atoms with Crippen LogP contribution < -0.4 is 10.6 Å². The van der Waals surface area contributed by atoms with Gasteiger partial charge in [-0.3, -0.25) is 9.59 Å². The lowest BCUT2D eigenvalue weighted by Gasteiger charge is -2.13. The summed E-state index contributed by atoms with van der Waals surface area (Å²) in [5.41, 5.74) is 3.39. The summed E-state index contributed by atoms with van der Waals surface area (Å²) < 4.78 is 0. The Morgan fingerprint density at radius 2 is 1.74 bits per heavy atom. The number of anilines is 1. The van der Waals surface area contributed by atoms with E-state index in [0.29, 0.717) is 11.3 Å². The first kappa shape index (κ1) is 19.9. The van der Waals surface area contributed by atoms with Gasteiger partial charge in [0.2, 0.25) is 0 Å². The van der Waals surface area contributed by atoms with E-state index in [9.17, 15) is 14.9 Å². The number of aryl methyl sites for hydroxylation is 1. The number of amides is 1. The summed E-state index contributed by atoms with van der Waals surface area (Å²) in [7, 11) is 0. The molecule has 0 spiro atoms. The summed E-state index contributed by atoms with van der Waals surface area (Å²) in [5.74, 6) is -0.551. The zero-order valence-electron chi connectivity index (χ0n) is 15.7. The van der Waals surface area contributed by atoms with Gasteiger partial charge in [0.15, 0.2) is 5.78 Å². The Kier molecular flexibility index (Phi) is 6.90. The molecule has 0 aliphatic heterocycles. The molecule has 0 saturated carbocycles. The number of Topliss-reactive ketones (excluding diaryl/α,β-unsaturated/α-hetero) is 1. The fourth-order valence-corrected chi connectivity index (χ4v) is 2.48.